The molecule has 3 rings (SSSR count). The van der Waals surface area contributed by atoms with Crippen molar-refractivity contribution in [1.82, 2.24) is 18.8 Å². The van der Waals surface area contributed by atoms with Gasteiger partial charge in [-0.2, -0.15) is 0 Å². The van der Waals surface area contributed by atoms with Gasteiger partial charge in [-0.1, -0.05) is 0 Å². The molecular weight excluding hydrogens is 292 g/mol. The lowest BCUT2D eigenvalue weighted by molar-refractivity contribution is 0.0693. The third-order valence-corrected chi connectivity index (χ3v) is 2.95. The fraction of sp³-hybridized carbons (Fsp3) is 0. The van der Waals surface area contributed by atoms with Crippen LogP contribution in [0.15, 0.2) is 22.2 Å². The Morgan fingerprint density at radius 2 is 1.45 bits per heavy atom. The van der Waals surface area contributed by atoms with Gasteiger partial charge in [0, 0.05) is 0 Å². The maximum absolute atomic E-state index is 12.2. The number of imidazole rings is 2. The first-order chi connectivity index (χ1) is 9.43. The van der Waals surface area contributed by atoms with E-state index >= 15 is 0 Å². The molecule has 9 nitrogen and oxygen atoms in total. The Bertz CT molecular complexity index is 922. The molecule has 0 unspecified atom stereocenters. The van der Waals surface area contributed by atoms with Crippen molar-refractivity contribution in [2.45, 2.75) is 0 Å². The summed E-state index contributed by atoms with van der Waals surface area (Å²) < 4.78 is 1.54. The third-order valence-electron chi connectivity index (χ3n) is 2.77. The molecule has 0 atom stereocenters. The van der Waals surface area contributed by atoms with E-state index < -0.39 is 33.5 Å². The van der Waals surface area contributed by atoms with Crippen LogP contribution in [0.3, 0.4) is 0 Å². The second-order valence-corrected chi connectivity index (χ2v) is 4.16. The number of fused-ring (bicyclic) bond motifs is 2. The van der Waals surface area contributed by atoms with E-state index in [9.17, 15) is 19.2 Å². The van der Waals surface area contributed by atoms with Crippen LogP contribution >= 0.6 is 11.6 Å². The maximum Gasteiger partial charge on any atom is 0.356 e. The highest BCUT2D eigenvalue weighted by molar-refractivity contribution is 6.68. The van der Waals surface area contributed by atoms with E-state index in [0.717, 1.165) is 21.5 Å². The molecular formula is C10H3ClN4O5. The summed E-state index contributed by atoms with van der Waals surface area (Å²) in [5.41, 5.74) is -3.28. The predicted molar refractivity (Wildman–Crippen MR) is 64.8 cm³/mol. The van der Waals surface area contributed by atoms with Crippen LogP contribution in [0, 0.1) is 0 Å². The van der Waals surface area contributed by atoms with Gasteiger partial charge in [-0.3, -0.25) is 23.2 Å². The van der Waals surface area contributed by atoms with Crippen LogP contribution in [-0.4, -0.2) is 35.1 Å². The van der Waals surface area contributed by atoms with Crippen LogP contribution < -0.4 is 11.1 Å². The van der Waals surface area contributed by atoms with Gasteiger partial charge in [0.25, 0.3) is 16.4 Å². The number of carbonyl (C=O) groups excluding carboxylic acids is 1. The highest BCUT2D eigenvalue weighted by atomic mass is 35.5. The zero-order valence-electron chi connectivity index (χ0n) is 9.40. The summed E-state index contributed by atoms with van der Waals surface area (Å²) in [6, 6.07) is 0. The van der Waals surface area contributed by atoms with Crippen LogP contribution in [0.25, 0.3) is 11.0 Å². The van der Waals surface area contributed by atoms with Gasteiger partial charge in [0.1, 0.15) is 23.7 Å². The molecule has 100 valence electrons. The zero-order valence-corrected chi connectivity index (χ0v) is 10.2. The fourth-order valence-corrected chi connectivity index (χ4v) is 2.08. The van der Waals surface area contributed by atoms with Crippen LogP contribution in [0.1, 0.15) is 21.0 Å². The van der Waals surface area contributed by atoms with Crippen LogP contribution in [0.5, 0.6) is 0 Å². The maximum atomic E-state index is 12.2. The van der Waals surface area contributed by atoms with Gasteiger partial charge in [-0.05, 0) is 11.6 Å². The Kier molecular flexibility index (Phi) is 2.35. The van der Waals surface area contributed by atoms with Crippen molar-refractivity contribution in [3.05, 3.63) is 44.8 Å². The summed E-state index contributed by atoms with van der Waals surface area (Å²) in [7, 11) is 0. The second kappa shape index (κ2) is 3.84. The van der Waals surface area contributed by atoms with Crippen molar-refractivity contribution in [1.29, 1.82) is 0 Å². The number of carboxylic acid groups (broad SMARTS) is 1. The lowest BCUT2D eigenvalue weighted by Gasteiger charge is -1.96. The Hall–Kier alpha value is -2.81. The first-order valence-corrected chi connectivity index (χ1v) is 5.48. The van der Waals surface area contributed by atoms with Crippen molar-refractivity contribution >= 4 is 33.8 Å². The number of aromatic carboxylic acids is 1. The van der Waals surface area contributed by atoms with Crippen LogP contribution in [0.4, 0.5) is 0 Å². The van der Waals surface area contributed by atoms with Gasteiger partial charge in [0.2, 0.25) is 0 Å². The van der Waals surface area contributed by atoms with Gasteiger partial charge >= 0.3 is 5.97 Å². The Morgan fingerprint density at radius 3 is 1.90 bits per heavy atom. The molecule has 0 aliphatic heterocycles. The molecule has 20 heavy (non-hydrogen) atoms. The molecule has 0 saturated heterocycles. The SMILES string of the molecule is O=C(O)c1ncn2c(=O)c3c(C(=O)Cl)ncn3c(=O)c12. The van der Waals surface area contributed by atoms with E-state index in [1.807, 2.05) is 0 Å². The van der Waals surface area contributed by atoms with Crippen molar-refractivity contribution < 1.29 is 14.7 Å². The summed E-state index contributed by atoms with van der Waals surface area (Å²) in [5, 5.41) is 7.94. The molecule has 0 fully saturated rings. The van der Waals surface area contributed by atoms with E-state index in [1.54, 1.807) is 0 Å². The monoisotopic (exact) mass is 294 g/mol. The van der Waals surface area contributed by atoms with Crippen LogP contribution in [-0.2, 0) is 0 Å². The Morgan fingerprint density at radius 1 is 1.00 bits per heavy atom. The standard InChI is InChI=1S/C10H3ClN4O5/c11-7(16)3-5-8(17)15-2-13-4(10(19)20)6(15)9(18)14(5)1-12-3/h1-2H,(H,19,20). The lowest BCUT2D eigenvalue weighted by atomic mass is 10.3. The van der Waals surface area contributed by atoms with Gasteiger partial charge in [0.15, 0.2) is 11.4 Å². The summed E-state index contributed by atoms with van der Waals surface area (Å²) in [6.07, 6.45) is 1.84. The average Bonchev–Trinajstić information content (AvgIpc) is 3.00. The number of halogens is 1. The van der Waals surface area contributed by atoms with E-state index in [4.69, 9.17) is 16.7 Å². The Balaban J connectivity index is 2.65. The molecule has 3 aromatic heterocycles. The molecule has 0 amide bonds. The van der Waals surface area contributed by atoms with Gasteiger partial charge in [-0.25, -0.2) is 14.8 Å². The minimum absolute atomic E-state index is 0.322. The second-order valence-electron chi connectivity index (χ2n) is 3.81. The van der Waals surface area contributed by atoms with Crippen molar-refractivity contribution in [3.8, 4) is 0 Å². The van der Waals surface area contributed by atoms with Gasteiger partial charge in [-0.15, -0.1) is 0 Å². The molecule has 1 N–H and O–H groups in total. The number of hydrogen-bond donors (Lipinski definition) is 1. The molecule has 0 aliphatic carbocycles. The van der Waals surface area contributed by atoms with Gasteiger partial charge in [0.05, 0.1) is 0 Å². The van der Waals surface area contributed by atoms with Crippen molar-refractivity contribution in [2.75, 3.05) is 0 Å². The summed E-state index contributed by atoms with van der Waals surface area (Å²) in [4.78, 5) is 53.6. The normalized spacial score (nSPS) is 11.2. The minimum atomic E-state index is -1.45. The number of carboxylic acids is 1. The topological polar surface area (TPSA) is 123 Å². The number of aromatic nitrogens is 4. The van der Waals surface area contributed by atoms with E-state index in [2.05, 4.69) is 9.97 Å². The first-order valence-electron chi connectivity index (χ1n) is 5.10. The van der Waals surface area contributed by atoms with Gasteiger partial charge < -0.3 is 5.11 Å². The zero-order chi connectivity index (χ0) is 14.6. The molecule has 0 aromatic carbocycles. The highest BCUT2D eigenvalue weighted by Gasteiger charge is 2.23. The Labute approximate surface area is 113 Å². The molecule has 0 radical (unpaired) electrons. The summed E-state index contributed by atoms with van der Waals surface area (Å²) >= 11 is 5.28. The summed E-state index contributed by atoms with van der Waals surface area (Å²) in [5.74, 6) is -1.45. The fourth-order valence-electron chi connectivity index (χ4n) is 1.94. The molecule has 0 saturated carbocycles. The number of nitrogens with zero attached hydrogens (tertiary/aromatic N) is 4. The molecule has 0 aliphatic rings. The largest absolute Gasteiger partial charge is 0.476 e. The molecule has 0 spiro atoms. The summed E-state index contributed by atoms with van der Waals surface area (Å²) in [6.45, 7) is 0. The van der Waals surface area contributed by atoms with E-state index in [1.165, 1.54) is 0 Å². The van der Waals surface area contributed by atoms with E-state index in [0.29, 0.717) is 0 Å². The predicted octanol–water partition coefficient (Wildman–Crippen LogP) is -0.783. The minimum Gasteiger partial charge on any atom is -0.476 e. The molecule has 3 heterocycles. The average molecular weight is 295 g/mol. The van der Waals surface area contributed by atoms with Crippen molar-refractivity contribution in [3.63, 3.8) is 0 Å². The molecule has 3 aromatic rings. The molecule has 0 bridgehead atoms. The third kappa shape index (κ3) is 1.37. The van der Waals surface area contributed by atoms with Crippen molar-refractivity contribution in [2.24, 2.45) is 0 Å². The molecule has 10 heteroatoms. The van der Waals surface area contributed by atoms with Crippen LogP contribution in [0.2, 0.25) is 0 Å². The first kappa shape index (κ1) is 12.2. The van der Waals surface area contributed by atoms with E-state index in [-0.39, 0.29) is 11.2 Å². The number of hydrogen-bond acceptors (Lipinski definition) is 6. The smallest absolute Gasteiger partial charge is 0.356 e. The quantitative estimate of drug-likeness (QED) is 0.615. The lowest BCUT2D eigenvalue weighted by Crippen LogP contribution is -2.26. The highest BCUT2D eigenvalue weighted by Crippen LogP contribution is 2.09. The number of carbonyl (C=O) groups is 2. The number of rotatable bonds is 2.